The molecular weight excluding hydrogens is 268 g/mol. The number of carbonyl (C=O) groups is 1. The van der Waals surface area contributed by atoms with E-state index in [4.69, 9.17) is 0 Å². The molecule has 0 aromatic heterocycles. The molecule has 1 aliphatic heterocycles. The SMILES string of the molecule is CC1CSCCN1c1c(C(=O)O)cccc1[N+](=O)[O-]. The van der Waals surface area contributed by atoms with Gasteiger partial charge < -0.3 is 10.0 Å². The monoisotopic (exact) mass is 282 g/mol. The minimum absolute atomic E-state index is 0.00653. The van der Waals surface area contributed by atoms with Gasteiger partial charge in [-0.15, -0.1) is 0 Å². The highest BCUT2D eigenvalue weighted by Gasteiger charge is 2.30. The number of nitrogens with zero attached hydrogens (tertiary/aromatic N) is 2. The van der Waals surface area contributed by atoms with Crippen LogP contribution in [-0.2, 0) is 0 Å². The van der Waals surface area contributed by atoms with Crippen molar-refractivity contribution in [1.29, 1.82) is 0 Å². The summed E-state index contributed by atoms with van der Waals surface area (Å²) in [6, 6.07) is 4.27. The molecule has 0 amide bonds. The second kappa shape index (κ2) is 5.48. The first-order valence-corrected chi connectivity index (χ1v) is 7.03. The Morgan fingerprint density at radius 1 is 1.58 bits per heavy atom. The van der Waals surface area contributed by atoms with Gasteiger partial charge in [-0.3, -0.25) is 10.1 Å². The van der Waals surface area contributed by atoms with Crippen molar-refractivity contribution in [2.45, 2.75) is 13.0 Å². The van der Waals surface area contributed by atoms with E-state index in [0.29, 0.717) is 6.54 Å². The minimum Gasteiger partial charge on any atom is -0.478 e. The number of rotatable bonds is 3. The first kappa shape index (κ1) is 13.7. The van der Waals surface area contributed by atoms with Gasteiger partial charge in [-0.25, -0.2) is 4.79 Å². The van der Waals surface area contributed by atoms with Gasteiger partial charge in [0.1, 0.15) is 5.69 Å². The van der Waals surface area contributed by atoms with Gasteiger partial charge >= 0.3 is 5.97 Å². The summed E-state index contributed by atoms with van der Waals surface area (Å²) >= 11 is 1.77. The van der Waals surface area contributed by atoms with Crippen molar-refractivity contribution >= 4 is 29.1 Å². The molecule has 7 heteroatoms. The normalized spacial score (nSPS) is 19.2. The Kier molecular flexibility index (Phi) is 3.94. The molecule has 0 spiro atoms. The topological polar surface area (TPSA) is 83.7 Å². The van der Waals surface area contributed by atoms with Crippen LogP contribution in [0.5, 0.6) is 0 Å². The number of nitro groups is 1. The summed E-state index contributed by atoms with van der Waals surface area (Å²) in [6.07, 6.45) is 0. The van der Waals surface area contributed by atoms with Crippen LogP contribution >= 0.6 is 11.8 Å². The van der Waals surface area contributed by atoms with E-state index in [0.717, 1.165) is 11.5 Å². The molecule has 1 atom stereocenters. The van der Waals surface area contributed by atoms with Crippen LogP contribution in [0.4, 0.5) is 11.4 Å². The Bertz CT molecular complexity index is 488. The Morgan fingerprint density at radius 3 is 2.89 bits per heavy atom. The zero-order chi connectivity index (χ0) is 14.0. The predicted molar refractivity (Wildman–Crippen MR) is 74.2 cm³/mol. The van der Waals surface area contributed by atoms with E-state index in [-0.39, 0.29) is 23.0 Å². The molecular formula is C12H14N2O4S. The van der Waals surface area contributed by atoms with Crippen LogP contribution in [0.15, 0.2) is 18.2 Å². The van der Waals surface area contributed by atoms with Crippen molar-refractivity contribution in [3.8, 4) is 0 Å². The molecule has 1 aliphatic rings. The summed E-state index contributed by atoms with van der Waals surface area (Å²) in [7, 11) is 0. The fourth-order valence-electron chi connectivity index (χ4n) is 2.21. The number of carboxylic acids is 1. The van der Waals surface area contributed by atoms with Gasteiger partial charge in [-0.2, -0.15) is 11.8 Å². The Labute approximate surface area is 114 Å². The summed E-state index contributed by atoms with van der Waals surface area (Å²) in [5, 5.41) is 20.4. The molecule has 1 heterocycles. The highest BCUT2D eigenvalue weighted by Crippen LogP contribution is 2.35. The lowest BCUT2D eigenvalue weighted by Gasteiger charge is -2.35. The van der Waals surface area contributed by atoms with Crippen LogP contribution in [-0.4, -0.2) is 40.1 Å². The van der Waals surface area contributed by atoms with E-state index in [1.54, 1.807) is 11.8 Å². The van der Waals surface area contributed by atoms with Crippen LogP contribution in [0, 0.1) is 10.1 Å². The molecule has 19 heavy (non-hydrogen) atoms. The maximum atomic E-state index is 11.3. The van der Waals surface area contributed by atoms with Crippen LogP contribution in [0.3, 0.4) is 0 Å². The first-order valence-electron chi connectivity index (χ1n) is 5.87. The summed E-state index contributed by atoms with van der Waals surface area (Å²) in [6.45, 7) is 2.57. The average Bonchev–Trinajstić information content (AvgIpc) is 2.38. The highest BCUT2D eigenvalue weighted by molar-refractivity contribution is 7.99. The van der Waals surface area contributed by atoms with E-state index in [1.165, 1.54) is 18.2 Å². The number of hydrogen-bond donors (Lipinski definition) is 1. The summed E-state index contributed by atoms with van der Waals surface area (Å²) in [5.41, 5.74) is 0.0828. The molecule has 1 saturated heterocycles. The van der Waals surface area contributed by atoms with Crippen LogP contribution in [0.1, 0.15) is 17.3 Å². The first-order chi connectivity index (χ1) is 9.02. The van der Waals surface area contributed by atoms with Crippen molar-refractivity contribution in [2.24, 2.45) is 0 Å². The third-order valence-electron chi connectivity index (χ3n) is 3.10. The highest BCUT2D eigenvalue weighted by atomic mass is 32.2. The lowest BCUT2D eigenvalue weighted by atomic mass is 10.1. The second-order valence-electron chi connectivity index (χ2n) is 4.35. The van der Waals surface area contributed by atoms with Crippen LogP contribution < -0.4 is 4.90 Å². The maximum Gasteiger partial charge on any atom is 0.338 e. The van der Waals surface area contributed by atoms with E-state index in [9.17, 15) is 20.0 Å². The summed E-state index contributed by atoms with van der Waals surface area (Å²) in [5.74, 6) is 0.546. The number of carboxylic acid groups (broad SMARTS) is 1. The number of anilines is 1. The Morgan fingerprint density at radius 2 is 2.32 bits per heavy atom. The lowest BCUT2D eigenvalue weighted by Crippen LogP contribution is -2.41. The van der Waals surface area contributed by atoms with Gasteiger partial charge in [-0.05, 0) is 13.0 Å². The zero-order valence-electron chi connectivity index (χ0n) is 10.4. The van der Waals surface area contributed by atoms with Gasteiger partial charge in [0.15, 0.2) is 0 Å². The molecule has 1 fully saturated rings. The quantitative estimate of drug-likeness (QED) is 0.676. The van der Waals surface area contributed by atoms with Crippen molar-refractivity contribution in [3.05, 3.63) is 33.9 Å². The molecule has 0 saturated carbocycles. The van der Waals surface area contributed by atoms with Gasteiger partial charge in [0.05, 0.1) is 10.5 Å². The molecule has 6 nitrogen and oxygen atoms in total. The third kappa shape index (κ3) is 2.65. The van der Waals surface area contributed by atoms with Crippen LogP contribution in [0.25, 0.3) is 0 Å². The average molecular weight is 282 g/mol. The van der Waals surface area contributed by atoms with Gasteiger partial charge in [0, 0.05) is 30.2 Å². The largest absolute Gasteiger partial charge is 0.478 e. The molecule has 1 aromatic rings. The van der Waals surface area contributed by atoms with Crippen molar-refractivity contribution in [1.82, 2.24) is 0 Å². The number of nitro benzene ring substituents is 1. The van der Waals surface area contributed by atoms with Crippen molar-refractivity contribution < 1.29 is 14.8 Å². The van der Waals surface area contributed by atoms with Crippen molar-refractivity contribution in [2.75, 3.05) is 23.0 Å². The maximum absolute atomic E-state index is 11.3. The van der Waals surface area contributed by atoms with E-state index in [2.05, 4.69) is 0 Å². The summed E-state index contributed by atoms with van der Waals surface area (Å²) < 4.78 is 0. The van der Waals surface area contributed by atoms with Crippen molar-refractivity contribution in [3.63, 3.8) is 0 Å². The fraction of sp³-hybridized carbons (Fsp3) is 0.417. The fourth-order valence-corrected chi connectivity index (χ4v) is 3.23. The minimum atomic E-state index is -1.14. The van der Waals surface area contributed by atoms with Gasteiger partial charge in [-0.1, -0.05) is 6.07 Å². The molecule has 0 bridgehead atoms. The number of benzene rings is 1. The van der Waals surface area contributed by atoms with E-state index >= 15 is 0 Å². The molecule has 1 N–H and O–H groups in total. The summed E-state index contributed by atoms with van der Waals surface area (Å²) in [4.78, 5) is 23.7. The van der Waals surface area contributed by atoms with E-state index < -0.39 is 10.9 Å². The smallest absolute Gasteiger partial charge is 0.338 e. The Balaban J connectivity index is 2.57. The predicted octanol–water partition coefficient (Wildman–Crippen LogP) is 2.23. The molecule has 1 unspecified atom stereocenters. The molecule has 2 rings (SSSR count). The number of hydrogen-bond acceptors (Lipinski definition) is 5. The van der Waals surface area contributed by atoms with Gasteiger partial charge in [0.25, 0.3) is 5.69 Å². The number of para-hydroxylation sites is 1. The van der Waals surface area contributed by atoms with Crippen LogP contribution in [0.2, 0.25) is 0 Å². The molecule has 0 aliphatic carbocycles. The molecule has 0 radical (unpaired) electrons. The lowest BCUT2D eigenvalue weighted by molar-refractivity contribution is -0.384. The van der Waals surface area contributed by atoms with Gasteiger partial charge in [0.2, 0.25) is 0 Å². The molecule has 102 valence electrons. The number of aromatic carboxylic acids is 1. The standard InChI is InChI=1S/C12H14N2O4S/c1-8-7-19-6-5-13(8)11-9(12(15)16)3-2-4-10(11)14(17)18/h2-4,8H,5-7H2,1H3,(H,15,16). The van der Waals surface area contributed by atoms with E-state index in [1.807, 2.05) is 11.8 Å². The third-order valence-corrected chi connectivity index (χ3v) is 4.29. The number of thioether (sulfide) groups is 1. The molecule has 1 aromatic carbocycles. The Hall–Kier alpha value is -1.76. The zero-order valence-corrected chi connectivity index (χ0v) is 11.2. The second-order valence-corrected chi connectivity index (χ2v) is 5.50.